The lowest BCUT2D eigenvalue weighted by Crippen LogP contribution is -2.07. The van der Waals surface area contributed by atoms with E-state index in [9.17, 15) is 0 Å². The Balaban J connectivity index is 1.80. The minimum atomic E-state index is 0.285. The Morgan fingerprint density at radius 1 is 1.47 bits per heavy atom. The van der Waals surface area contributed by atoms with E-state index in [1.165, 1.54) is 0 Å². The van der Waals surface area contributed by atoms with Crippen LogP contribution in [0.15, 0.2) is 4.52 Å². The van der Waals surface area contributed by atoms with Crippen molar-refractivity contribution in [3.05, 3.63) is 11.7 Å². The van der Waals surface area contributed by atoms with E-state index in [-0.39, 0.29) is 5.95 Å². The van der Waals surface area contributed by atoms with Crippen molar-refractivity contribution in [1.29, 1.82) is 0 Å². The van der Waals surface area contributed by atoms with Crippen LogP contribution in [-0.4, -0.2) is 31.9 Å². The van der Waals surface area contributed by atoms with Crippen LogP contribution in [0.25, 0.3) is 0 Å². The van der Waals surface area contributed by atoms with E-state index in [0.29, 0.717) is 30.6 Å². The molecule has 0 aliphatic heterocycles. The number of nitrogens with one attached hydrogen (secondary N) is 2. The van der Waals surface area contributed by atoms with E-state index in [0.717, 1.165) is 0 Å². The third-order valence-corrected chi connectivity index (χ3v) is 1.70. The fraction of sp³-hybridized carbons (Fsp3) is 0.429. The van der Waals surface area contributed by atoms with Crippen LogP contribution in [0, 0.1) is 6.92 Å². The second kappa shape index (κ2) is 3.95. The van der Waals surface area contributed by atoms with Crippen molar-refractivity contribution < 1.29 is 4.52 Å². The number of nitrogen functional groups attached to an aromatic ring is 1. The van der Waals surface area contributed by atoms with Gasteiger partial charge in [0.05, 0.1) is 0 Å². The van der Waals surface area contributed by atoms with Crippen LogP contribution in [0.3, 0.4) is 0 Å². The standard InChI is InChI=1S/C7H11N7O/c1-4-10-5(14-15-4)2-3-9-7-11-6(8)12-13-7/h2-3H2,1H3,(H4,8,9,11,12,13). The van der Waals surface area contributed by atoms with Crippen molar-refractivity contribution in [2.24, 2.45) is 0 Å². The molecule has 0 fully saturated rings. The van der Waals surface area contributed by atoms with Crippen LogP contribution in [0.5, 0.6) is 0 Å². The van der Waals surface area contributed by atoms with Crippen molar-refractivity contribution in [3.8, 4) is 0 Å². The third kappa shape index (κ3) is 2.42. The lowest BCUT2D eigenvalue weighted by Gasteiger charge is -1.96. The molecule has 0 aromatic carbocycles. The smallest absolute Gasteiger partial charge is 0.243 e. The van der Waals surface area contributed by atoms with Gasteiger partial charge in [0.15, 0.2) is 5.82 Å². The number of aryl methyl sites for hydroxylation is 1. The van der Waals surface area contributed by atoms with Crippen LogP contribution in [-0.2, 0) is 6.42 Å². The number of nitrogens with two attached hydrogens (primary N) is 1. The van der Waals surface area contributed by atoms with E-state index < -0.39 is 0 Å². The van der Waals surface area contributed by atoms with Gasteiger partial charge < -0.3 is 15.6 Å². The Kier molecular flexibility index (Phi) is 2.48. The molecule has 0 amide bonds. The fourth-order valence-corrected chi connectivity index (χ4v) is 1.08. The van der Waals surface area contributed by atoms with Crippen molar-refractivity contribution in [2.75, 3.05) is 17.6 Å². The van der Waals surface area contributed by atoms with Crippen molar-refractivity contribution in [2.45, 2.75) is 13.3 Å². The van der Waals surface area contributed by atoms with Gasteiger partial charge in [-0.05, 0) is 0 Å². The Morgan fingerprint density at radius 3 is 2.93 bits per heavy atom. The number of H-pyrrole nitrogens is 1. The first kappa shape index (κ1) is 9.44. The lowest BCUT2D eigenvalue weighted by atomic mass is 10.4. The maximum atomic E-state index is 5.36. The van der Waals surface area contributed by atoms with E-state index in [4.69, 9.17) is 10.3 Å². The topological polar surface area (TPSA) is 119 Å². The summed E-state index contributed by atoms with van der Waals surface area (Å²) in [5.41, 5.74) is 5.36. The Hall–Kier alpha value is -2.12. The minimum Gasteiger partial charge on any atom is -0.368 e. The number of rotatable bonds is 4. The molecule has 0 bridgehead atoms. The van der Waals surface area contributed by atoms with Gasteiger partial charge in [0.25, 0.3) is 0 Å². The predicted octanol–water partition coefficient (Wildman–Crippen LogP) is -0.267. The first-order chi connectivity index (χ1) is 7.24. The van der Waals surface area contributed by atoms with Gasteiger partial charge in [-0.15, -0.1) is 5.10 Å². The molecule has 0 spiro atoms. The maximum Gasteiger partial charge on any atom is 0.243 e. The van der Waals surface area contributed by atoms with Crippen molar-refractivity contribution >= 4 is 11.9 Å². The zero-order valence-electron chi connectivity index (χ0n) is 8.19. The minimum absolute atomic E-state index is 0.285. The molecule has 8 heteroatoms. The first-order valence-corrected chi connectivity index (χ1v) is 4.45. The molecular weight excluding hydrogens is 198 g/mol. The van der Waals surface area contributed by atoms with Gasteiger partial charge in [-0.3, -0.25) is 0 Å². The SMILES string of the molecule is Cc1nc(CCNc2n[nH]c(N)n2)no1. The highest BCUT2D eigenvalue weighted by molar-refractivity contribution is 5.29. The average molecular weight is 209 g/mol. The molecule has 2 rings (SSSR count). The highest BCUT2D eigenvalue weighted by Crippen LogP contribution is 2.00. The summed E-state index contributed by atoms with van der Waals surface area (Å²) in [4.78, 5) is 7.94. The monoisotopic (exact) mass is 209 g/mol. The number of nitrogens with zero attached hydrogens (tertiary/aromatic N) is 4. The fourth-order valence-electron chi connectivity index (χ4n) is 1.08. The van der Waals surface area contributed by atoms with Gasteiger partial charge in [0.2, 0.25) is 17.8 Å². The maximum absolute atomic E-state index is 5.36. The summed E-state index contributed by atoms with van der Waals surface area (Å²) < 4.78 is 4.83. The van der Waals surface area contributed by atoms with Crippen LogP contribution in [0.4, 0.5) is 11.9 Å². The highest BCUT2D eigenvalue weighted by Gasteiger charge is 2.03. The normalized spacial score (nSPS) is 10.5. The molecule has 4 N–H and O–H groups in total. The van der Waals surface area contributed by atoms with Crippen molar-refractivity contribution in [3.63, 3.8) is 0 Å². The summed E-state index contributed by atoms with van der Waals surface area (Å²) in [6.45, 7) is 2.37. The second-order valence-electron chi connectivity index (χ2n) is 2.95. The van der Waals surface area contributed by atoms with Gasteiger partial charge in [-0.25, -0.2) is 5.10 Å². The highest BCUT2D eigenvalue weighted by atomic mass is 16.5. The summed E-state index contributed by atoms with van der Waals surface area (Å²) in [5, 5.41) is 13.1. The number of hydrogen-bond donors (Lipinski definition) is 3. The summed E-state index contributed by atoms with van der Waals surface area (Å²) in [6, 6.07) is 0. The zero-order chi connectivity index (χ0) is 10.7. The predicted molar refractivity (Wildman–Crippen MR) is 52.0 cm³/mol. The van der Waals surface area contributed by atoms with E-state index in [1.54, 1.807) is 6.92 Å². The summed E-state index contributed by atoms with van der Waals surface area (Å²) in [5.74, 6) is 1.97. The van der Waals surface area contributed by atoms with E-state index in [2.05, 4.69) is 30.6 Å². The number of anilines is 2. The molecule has 2 aromatic heterocycles. The van der Waals surface area contributed by atoms with E-state index in [1.807, 2.05) is 0 Å². The molecule has 2 heterocycles. The second-order valence-corrected chi connectivity index (χ2v) is 2.95. The third-order valence-electron chi connectivity index (χ3n) is 1.70. The van der Waals surface area contributed by atoms with Crippen molar-refractivity contribution in [1.82, 2.24) is 25.3 Å². The van der Waals surface area contributed by atoms with Gasteiger partial charge in [0.1, 0.15) is 0 Å². The molecule has 8 nitrogen and oxygen atoms in total. The quantitative estimate of drug-likeness (QED) is 0.634. The Bertz CT molecular complexity index is 394. The molecule has 0 atom stereocenters. The zero-order valence-corrected chi connectivity index (χ0v) is 8.19. The lowest BCUT2D eigenvalue weighted by molar-refractivity contribution is 0.387. The molecule has 0 radical (unpaired) electrons. The molecule has 0 aliphatic carbocycles. The molecule has 15 heavy (non-hydrogen) atoms. The largest absolute Gasteiger partial charge is 0.368 e. The first-order valence-electron chi connectivity index (χ1n) is 4.45. The molecule has 80 valence electrons. The average Bonchev–Trinajstić information content (AvgIpc) is 2.76. The summed E-state index contributed by atoms with van der Waals surface area (Å²) in [6.07, 6.45) is 0.645. The van der Waals surface area contributed by atoms with Gasteiger partial charge in [-0.2, -0.15) is 9.97 Å². The van der Waals surface area contributed by atoms with E-state index >= 15 is 0 Å². The number of aromatic amines is 1. The van der Waals surface area contributed by atoms with Crippen LogP contribution in [0.2, 0.25) is 0 Å². The van der Waals surface area contributed by atoms with Gasteiger partial charge in [-0.1, -0.05) is 5.16 Å². The summed E-state index contributed by atoms with van der Waals surface area (Å²) in [7, 11) is 0. The molecule has 0 unspecified atom stereocenters. The molecular formula is C7H11N7O. The molecule has 2 aromatic rings. The van der Waals surface area contributed by atoms with Crippen LogP contribution in [0.1, 0.15) is 11.7 Å². The molecule has 0 aliphatic rings. The molecule has 0 saturated heterocycles. The van der Waals surface area contributed by atoms with Crippen LogP contribution >= 0.6 is 0 Å². The molecule has 0 saturated carbocycles. The Labute approximate surface area is 85.3 Å². The number of hydrogen-bond acceptors (Lipinski definition) is 7. The summed E-state index contributed by atoms with van der Waals surface area (Å²) >= 11 is 0. The number of aromatic nitrogens is 5. The van der Waals surface area contributed by atoms with Gasteiger partial charge in [0, 0.05) is 19.9 Å². The van der Waals surface area contributed by atoms with Crippen LogP contribution < -0.4 is 11.1 Å². The Morgan fingerprint density at radius 2 is 2.33 bits per heavy atom. The van der Waals surface area contributed by atoms with Gasteiger partial charge >= 0.3 is 0 Å².